The highest BCUT2D eigenvalue weighted by Gasteiger charge is 2.27. The molecule has 0 bridgehead atoms. The summed E-state index contributed by atoms with van der Waals surface area (Å²) < 4.78 is 12.3. The molecule has 0 spiro atoms. The van der Waals surface area contributed by atoms with Gasteiger partial charge in [-0.15, -0.1) is 0 Å². The molecule has 1 fully saturated rings. The fraction of sp³-hybridized carbons (Fsp3) is 0.400. The van der Waals surface area contributed by atoms with Crippen molar-refractivity contribution < 1.29 is 14.1 Å². The Morgan fingerprint density at radius 2 is 2.15 bits per heavy atom. The van der Waals surface area contributed by atoms with Gasteiger partial charge in [-0.3, -0.25) is 9.69 Å². The average molecular weight is 513 g/mol. The maximum absolute atomic E-state index is 12.9. The first-order valence-corrected chi connectivity index (χ1v) is 12.1. The number of aromatic nitrogens is 2. The molecule has 7 nitrogen and oxygen atoms in total. The van der Waals surface area contributed by atoms with E-state index in [9.17, 15) is 4.79 Å². The molecule has 2 aromatic carbocycles. The van der Waals surface area contributed by atoms with Crippen LogP contribution in [0.25, 0.3) is 11.4 Å². The Labute approximate surface area is 202 Å². The van der Waals surface area contributed by atoms with Crippen molar-refractivity contribution in [2.45, 2.75) is 39.3 Å². The molecule has 1 amide bonds. The Balaban J connectivity index is 1.27. The van der Waals surface area contributed by atoms with Gasteiger partial charge in [0.25, 0.3) is 0 Å². The van der Waals surface area contributed by atoms with Crippen molar-refractivity contribution in [3.8, 4) is 17.1 Å². The van der Waals surface area contributed by atoms with Crippen LogP contribution in [0.1, 0.15) is 31.2 Å². The van der Waals surface area contributed by atoms with Crippen LogP contribution in [0.5, 0.6) is 5.75 Å². The summed E-state index contributed by atoms with van der Waals surface area (Å²) in [6.45, 7) is 6.54. The fourth-order valence-corrected chi connectivity index (χ4v) is 4.40. The molecule has 2 atom stereocenters. The maximum Gasteiger partial charge on any atom is 0.241 e. The quantitative estimate of drug-likeness (QED) is 0.474. The van der Waals surface area contributed by atoms with Gasteiger partial charge in [-0.1, -0.05) is 51.4 Å². The number of halogens is 1. The molecule has 3 aromatic rings. The second-order valence-electron chi connectivity index (χ2n) is 8.58. The van der Waals surface area contributed by atoms with E-state index in [-0.39, 0.29) is 17.9 Å². The van der Waals surface area contributed by atoms with E-state index in [0.29, 0.717) is 31.4 Å². The van der Waals surface area contributed by atoms with Crippen LogP contribution in [-0.4, -0.2) is 46.7 Å². The van der Waals surface area contributed by atoms with E-state index in [1.54, 1.807) is 0 Å². The molecule has 1 N–H and O–H groups in total. The summed E-state index contributed by atoms with van der Waals surface area (Å²) in [5.74, 6) is 1.99. The highest BCUT2D eigenvalue weighted by Crippen LogP contribution is 2.23. The van der Waals surface area contributed by atoms with Crippen LogP contribution in [0.15, 0.2) is 57.5 Å². The summed E-state index contributed by atoms with van der Waals surface area (Å²) >= 11 is 3.47. The number of likely N-dealkylation sites (tertiary alicyclic amines) is 1. The number of rotatable bonds is 8. The standard InChI is InChI=1S/C25H29BrN4O3/c1-17-7-3-4-11-22(17)32-16-18(2)27-25(31)20-9-6-12-30(14-20)15-23-28-24(29-33-23)19-8-5-10-21(26)13-19/h3-5,7-8,10-11,13,18,20H,6,9,12,14-16H2,1-2H3,(H,27,31). The lowest BCUT2D eigenvalue weighted by Crippen LogP contribution is -2.46. The minimum atomic E-state index is -0.0730. The van der Waals surface area contributed by atoms with Crippen molar-refractivity contribution in [3.63, 3.8) is 0 Å². The van der Waals surface area contributed by atoms with Crippen LogP contribution < -0.4 is 10.1 Å². The van der Waals surface area contributed by atoms with Crippen LogP contribution in [0.3, 0.4) is 0 Å². The van der Waals surface area contributed by atoms with Crippen LogP contribution in [-0.2, 0) is 11.3 Å². The second-order valence-corrected chi connectivity index (χ2v) is 9.50. The Bertz CT molecular complexity index is 1090. The first-order chi connectivity index (χ1) is 16.0. The Morgan fingerprint density at radius 3 is 2.97 bits per heavy atom. The predicted octanol–water partition coefficient (Wildman–Crippen LogP) is 4.60. The molecule has 8 heteroatoms. The van der Waals surface area contributed by atoms with Gasteiger partial charge in [-0.2, -0.15) is 4.98 Å². The molecule has 2 unspecified atom stereocenters. The van der Waals surface area contributed by atoms with E-state index in [4.69, 9.17) is 9.26 Å². The lowest BCUT2D eigenvalue weighted by Gasteiger charge is -2.31. The third kappa shape index (κ3) is 6.42. The molecule has 1 aliphatic rings. The summed E-state index contributed by atoms with van der Waals surface area (Å²) in [7, 11) is 0. The number of piperidine rings is 1. The van der Waals surface area contributed by atoms with Crippen molar-refractivity contribution in [1.29, 1.82) is 0 Å². The Morgan fingerprint density at radius 1 is 1.30 bits per heavy atom. The smallest absolute Gasteiger partial charge is 0.241 e. The van der Waals surface area contributed by atoms with Crippen molar-refractivity contribution >= 4 is 21.8 Å². The minimum absolute atomic E-state index is 0.0628. The zero-order chi connectivity index (χ0) is 23.2. The van der Waals surface area contributed by atoms with Crippen LogP contribution >= 0.6 is 15.9 Å². The molecule has 0 saturated carbocycles. The van der Waals surface area contributed by atoms with Crippen molar-refractivity contribution in [2.75, 3.05) is 19.7 Å². The van der Waals surface area contributed by atoms with Gasteiger partial charge < -0.3 is 14.6 Å². The molecule has 0 aliphatic carbocycles. The third-order valence-electron chi connectivity index (χ3n) is 5.76. The molecular weight excluding hydrogens is 484 g/mol. The molecule has 1 aliphatic heterocycles. The number of nitrogens with zero attached hydrogens (tertiary/aromatic N) is 3. The minimum Gasteiger partial charge on any atom is -0.491 e. The maximum atomic E-state index is 12.9. The summed E-state index contributed by atoms with van der Waals surface area (Å²) in [5.41, 5.74) is 1.99. The van der Waals surface area contributed by atoms with Crippen LogP contribution in [0.2, 0.25) is 0 Å². The van der Waals surface area contributed by atoms with E-state index in [0.717, 1.165) is 40.7 Å². The van der Waals surface area contributed by atoms with E-state index >= 15 is 0 Å². The van der Waals surface area contributed by atoms with Crippen molar-refractivity contribution in [1.82, 2.24) is 20.4 Å². The van der Waals surface area contributed by atoms with Gasteiger partial charge >= 0.3 is 0 Å². The number of benzene rings is 2. The van der Waals surface area contributed by atoms with E-state index < -0.39 is 0 Å². The molecular formula is C25H29BrN4O3. The van der Waals surface area contributed by atoms with Gasteiger partial charge in [-0.05, 0) is 57.0 Å². The highest BCUT2D eigenvalue weighted by atomic mass is 79.9. The number of para-hydroxylation sites is 1. The predicted molar refractivity (Wildman–Crippen MR) is 130 cm³/mol. The first kappa shape index (κ1) is 23.4. The SMILES string of the molecule is Cc1ccccc1OCC(C)NC(=O)C1CCCN(Cc2nc(-c3cccc(Br)c3)no2)C1. The normalized spacial score (nSPS) is 17.5. The third-order valence-corrected chi connectivity index (χ3v) is 6.25. The molecule has 2 heterocycles. The van der Waals surface area contributed by atoms with Crippen LogP contribution in [0.4, 0.5) is 0 Å². The van der Waals surface area contributed by atoms with Gasteiger partial charge in [0.1, 0.15) is 12.4 Å². The molecule has 174 valence electrons. The lowest BCUT2D eigenvalue weighted by molar-refractivity contribution is -0.127. The number of nitrogens with one attached hydrogen (secondary N) is 1. The monoisotopic (exact) mass is 512 g/mol. The van der Waals surface area contributed by atoms with Gasteiger partial charge in [-0.25, -0.2) is 0 Å². The topological polar surface area (TPSA) is 80.5 Å². The average Bonchev–Trinajstić information content (AvgIpc) is 3.27. The lowest BCUT2D eigenvalue weighted by atomic mass is 9.97. The summed E-state index contributed by atoms with van der Waals surface area (Å²) in [6.07, 6.45) is 1.83. The van der Waals surface area contributed by atoms with Gasteiger partial charge in [0.2, 0.25) is 17.6 Å². The molecule has 33 heavy (non-hydrogen) atoms. The fourth-order valence-electron chi connectivity index (χ4n) is 4.00. The molecule has 1 aromatic heterocycles. The largest absolute Gasteiger partial charge is 0.491 e. The van der Waals surface area contributed by atoms with Crippen molar-refractivity contribution in [3.05, 3.63) is 64.5 Å². The number of aryl methyl sites for hydroxylation is 1. The van der Waals surface area contributed by atoms with Gasteiger partial charge in [0, 0.05) is 16.6 Å². The summed E-state index contributed by atoms with van der Waals surface area (Å²) in [4.78, 5) is 19.6. The molecule has 1 saturated heterocycles. The van der Waals surface area contributed by atoms with Gasteiger partial charge in [0.15, 0.2) is 0 Å². The first-order valence-electron chi connectivity index (χ1n) is 11.3. The van der Waals surface area contributed by atoms with E-state index in [1.165, 1.54) is 0 Å². The molecule has 4 rings (SSSR count). The molecule has 0 radical (unpaired) electrons. The summed E-state index contributed by atoms with van der Waals surface area (Å²) in [6, 6.07) is 15.6. The van der Waals surface area contributed by atoms with E-state index in [2.05, 4.69) is 36.3 Å². The number of carbonyl (C=O) groups is 1. The summed E-state index contributed by atoms with van der Waals surface area (Å²) in [5, 5.41) is 7.22. The zero-order valence-corrected chi connectivity index (χ0v) is 20.5. The number of ether oxygens (including phenoxy) is 1. The Hall–Kier alpha value is -2.71. The number of amides is 1. The Kier molecular flexibility index (Phi) is 7.77. The highest BCUT2D eigenvalue weighted by molar-refractivity contribution is 9.10. The number of hydrogen-bond acceptors (Lipinski definition) is 6. The zero-order valence-electron chi connectivity index (χ0n) is 19.0. The van der Waals surface area contributed by atoms with Gasteiger partial charge in [0.05, 0.1) is 18.5 Å². The van der Waals surface area contributed by atoms with Crippen molar-refractivity contribution in [2.24, 2.45) is 5.92 Å². The number of carbonyl (C=O) groups excluding carboxylic acids is 1. The second kappa shape index (κ2) is 10.9. The number of hydrogen-bond donors (Lipinski definition) is 1. The van der Waals surface area contributed by atoms with E-state index in [1.807, 2.05) is 62.4 Å². The van der Waals surface area contributed by atoms with Crippen LogP contribution in [0, 0.1) is 12.8 Å².